The van der Waals surface area contributed by atoms with E-state index in [1.54, 1.807) is 0 Å². The molecule has 0 bridgehead atoms. The minimum atomic E-state index is -3.98. The first-order valence-electron chi connectivity index (χ1n) is 5.99. The molecule has 0 unspecified atom stereocenters. The number of rotatable bonds is 5. The van der Waals surface area contributed by atoms with E-state index in [0.29, 0.717) is 12.5 Å². The standard InChI is InChI=1S/C11H15N3O5S/c12-6-7-3-8(4-7)19-11-2-1-9(20(13,17)18)5-10(11)14(15)16/h1-2,5,7-8H,3-4,6,12H2,(H2,13,17,18). The highest BCUT2D eigenvalue weighted by Crippen LogP contribution is 2.35. The molecule has 0 atom stereocenters. The summed E-state index contributed by atoms with van der Waals surface area (Å²) in [7, 11) is -3.98. The van der Waals surface area contributed by atoms with Gasteiger partial charge in [-0.05, 0) is 37.4 Å². The van der Waals surface area contributed by atoms with Gasteiger partial charge in [0.05, 0.1) is 15.9 Å². The van der Waals surface area contributed by atoms with E-state index in [0.717, 1.165) is 18.9 Å². The highest BCUT2D eigenvalue weighted by Gasteiger charge is 2.31. The van der Waals surface area contributed by atoms with Gasteiger partial charge in [0.1, 0.15) is 0 Å². The first-order chi connectivity index (χ1) is 9.31. The van der Waals surface area contributed by atoms with E-state index < -0.39 is 20.6 Å². The molecule has 9 heteroatoms. The number of sulfonamides is 1. The van der Waals surface area contributed by atoms with Crippen LogP contribution in [0, 0.1) is 16.0 Å². The summed E-state index contributed by atoms with van der Waals surface area (Å²) in [6, 6.07) is 3.36. The maximum Gasteiger partial charge on any atom is 0.312 e. The topological polar surface area (TPSA) is 139 Å². The second-order valence-electron chi connectivity index (χ2n) is 4.74. The smallest absolute Gasteiger partial charge is 0.312 e. The average molecular weight is 301 g/mol. The Hall–Kier alpha value is -1.71. The lowest BCUT2D eigenvalue weighted by atomic mass is 9.82. The van der Waals surface area contributed by atoms with Crippen LogP contribution in [0.25, 0.3) is 0 Å². The molecule has 0 spiro atoms. The molecule has 1 aliphatic rings. The van der Waals surface area contributed by atoms with Gasteiger partial charge in [0.2, 0.25) is 10.0 Å². The number of benzene rings is 1. The van der Waals surface area contributed by atoms with E-state index in [1.807, 2.05) is 0 Å². The van der Waals surface area contributed by atoms with Crippen LogP contribution in [-0.2, 0) is 10.0 Å². The minimum Gasteiger partial charge on any atom is -0.483 e. The van der Waals surface area contributed by atoms with Gasteiger partial charge in [-0.2, -0.15) is 0 Å². The monoisotopic (exact) mass is 301 g/mol. The van der Waals surface area contributed by atoms with Gasteiger partial charge in [0.15, 0.2) is 5.75 Å². The van der Waals surface area contributed by atoms with Crippen molar-refractivity contribution in [1.82, 2.24) is 0 Å². The van der Waals surface area contributed by atoms with Crippen molar-refractivity contribution in [2.75, 3.05) is 6.54 Å². The summed E-state index contributed by atoms with van der Waals surface area (Å²) >= 11 is 0. The number of nitrogens with zero attached hydrogens (tertiary/aromatic N) is 1. The fourth-order valence-corrected chi connectivity index (χ4v) is 2.59. The minimum absolute atomic E-state index is 0.0443. The number of ether oxygens (including phenoxy) is 1. The van der Waals surface area contributed by atoms with Crippen LogP contribution in [0.4, 0.5) is 5.69 Å². The number of hydrogen-bond acceptors (Lipinski definition) is 6. The summed E-state index contributed by atoms with van der Waals surface area (Å²) in [6.07, 6.45) is 1.36. The molecule has 0 aliphatic heterocycles. The predicted molar refractivity (Wildman–Crippen MR) is 70.7 cm³/mol. The van der Waals surface area contributed by atoms with Crippen LogP contribution in [0.3, 0.4) is 0 Å². The summed E-state index contributed by atoms with van der Waals surface area (Å²) in [5.41, 5.74) is 5.08. The Bertz CT molecular complexity index is 625. The third kappa shape index (κ3) is 3.06. The Labute approximate surface area is 115 Å². The Balaban J connectivity index is 2.23. The number of nitrogens with two attached hydrogens (primary N) is 2. The average Bonchev–Trinajstić information content (AvgIpc) is 2.31. The Kier molecular flexibility index (Phi) is 3.93. The first-order valence-corrected chi connectivity index (χ1v) is 7.54. The Morgan fingerprint density at radius 3 is 2.55 bits per heavy atom. The van der Waals surface area contributed by atoms with Crippen LogP contribution >= 0.6 is 0 Å². The van der Waals surface area contributed by atoms with Crippen molar-refractivity contribution in [3.8, 4) is 5.75 Å². The van der Waals surface area contributed by atoms with Gasteiger partial charge in [-0.1, -0.05) is 0 Å². The summed E-state index contributed by atoms with van der Waals surface area (Å²) in [5, 5.41) is 15.9. The maximum absolute atomic E-state index is 11.2. The number of nitro groups is 1. The van der Waals surface area contributed by atoms with E-state index in [1.165, 1.54) is 12.1 Å². The largest absolute Gasteiger partial charge is 0.483 e. The van der Waals surface area contributed by atoms with Gasteiger partial charge in [-0.3, -0.25) is 10.1 Å². The Morgan fingerprint density at radius 2 is 2.05 bits per heavy atom. The van der Waals surface area contributed by atoms with Crippen LogP contribution in [0.5, 0.6) is 5.75 Å². The molecule has 0 aromatic heterocycles. The van der Waals surface area contributed by atoms with Crippen LogP contribution in [-0.4, -0.2) is 26.0 Å². The van der Waals surface area contributed by atoms with Crippen molar-refractivity contribution in [2.24, 2.45) is 16.8 Å². The number of hydrogen-bond donors (Lipinski definition) is 2. The van der Waals surface area contributed by atoms with E-state index in [-0.39, 0.29) is 16.7 Å². The van der Waals surface area contributed by atoms with E-state index in [9.17, 15) is 18.5 Å². The Morgan fingerprint density at radius 1 is 1.40 bits per heavy atom. The molecular formula is C11H15N3O5S. The molecule has 8 nitrogen and oxygen atoms in total. The van der Waals surface area contributed by atoms with Crippen molar-refractivity contribution < 1.29 is 18.1 Å². The van der Waals surface area contributed by atoms with Crippen LogP contribution < -0.4 is 15.6 Å². The van der Waals surface area contributed by atoms with Gasteiger partial charge in [-0.25, -0.2) is 13.6 Å². The highest BCUT2D eigenvalue weighted by atomic mass is 32.2. The molecule has 2 rings (SSSR count). The van der Waals surface area contributed by atoms with Gasteiger partial charge in [-0.15, -0.1) is 0 Å². The third-order valence-corrected chi connectivity index (χ3v) is 4.19. The molecule has 0 radical (unpaired) electrons. The molecule has 110 valence electrons. The fraction of sp³-hybridized carbons (Fsp3) is 0.455. The van der Waals surface area contributed by atoms with E-state index in [4.69, 9.17) is 15.6 Å². The quantitative estimate of drug-likeness (QED) is 0.594. The van der Waals surface area contributed by atoms with Crippen LogP contribution in [0.2, 0.25) is 0 Å². The van der Waals surface area contributed by atoms with Gasteiger partial charge in [0, 0.05) is 6.07 Å². The van der Waals surface area contributed by atoms with E-state index >= 15 is 0 Å². The van der Waals surface area contributed by atoms with Gasteiger partial charge in [0.25, 0.3) is 0 Å². The molecule has 4 N–H and O–H groups in total. The van der Waals surface area contributed by atoms with Crippen LogP contribution in [0.1, 0.15) is 12.8 Å². The molecule has 1 aromatic rings. The first kappa shape index (κ1) is 14.7. The zero-order chi connectivity index (χ0) is 14.9. The highest BCUT2D eigenvalue weighted by molar-refractivity contribution is 7.89. The molecular weight excluding hydrogens is 286 g/mol. The lowest BCUT2D eigenvalue weighted by Crippen LogP contribution is -2.37. The molecule has 1 aliphatic carbocycles. The summed E-state index contributed by atoms with van der Waals surface area (Å²) in [6.45, 7) is 0.562. The van der Waals surface area contributed by atoms with Crippen molar-refractivity contribution >= 4 is 15.7 Å². The number of primary sulfonamides is 1. The van der Waals surface area contributed by atoms with Crippen LogP contribution in [0.15, 0.2) is 23.1 Å². The van der Waals surface area contributed by atoms with Gasteiger partial charge >= 0.3 is 5.69 Å². The third-order valence-electron chi connectivity index (χ3n) is 3.28. The second kappa shape index (κ2) is 5.35. The zero-order valence-electron chi connectivity index (χ0n) is 10.6. The summed E-state index contributed by atoms with van der Waals surface area (Å²) in [5.74, 6) is 0.422. The molecule has 20 heavy (non-hydrogen) atoms. The molecule has 1 aromatic carbocycles. The maximum atomic E-state index is 11.2. The van der Waals surface area contributed by atoms with Crippen molar-refractivity contribution in [2.45, 2.75) is 23.8 Å². The lowest BCUT2D eigenvalue weighted by Gasteiger charge is -2.34. The molecule has 1 fully saturated rings. The van der Waals surface area contributed by atoms with Gasteiger partial charge < -0.3 is 10.5 Å². The normalized spacial score (nSPS) is 22.1. The zero-order valence-corrected chi connectivity index (χ0v) is 11.4. The van der Waals surface area contributed by atoms with E-state index in [2.05, 4.69) is 0 Å². The summed E-state index contributed by atoms with van der Waals surface area (Å²) < 4.78 is 27.9. The molecule has 0 heterocycles. The second-order valence-corrected chi connectivity index (χ2v) is 6.31. The van der Waals surface area contributed by atoms with Crippen molar-refractivity contribution in [1.29, 1.82) is 0 Å². The van der Waals surface area contributed by atoms with Crippen molar-refractivity contribution in [3.05, 3.63) is 28.3 Å². The summed E-state index contributed by atoms with van der Waals surface area (Å²) in [4.78, 5) is 9.97. The molecule has 0 saturated heterocycles. The lowest BCUT2D eigenvalue weighted by molar-refractivity contribution is -0.386. The molecule has 1 saturated carbocycles. The number of nitro benzene ring substituents is 1. The van der Waals surface area contributed by atoms with Crippen molar-refractivity contribution in [3.63, 3.8) is 0 Å². The predicted octanol–water partition coefficient (Wildman–Crippen LogP) is 0.358. The fourth-order valence-electron chi connectivity index (χ4n) is 2.06. The SMILES string of the molecule is NCC1CC(Oc2ccc(S(N)(=O)=O)cc2[N+](=O)[O-])C1. The molecule has 0 amide bonds.